The molecule has 4 nitrogen and oxygen atoms in total. The zero-order valence-corrected chi connectivity index (χ0v) is 9.46. The predicted octanol–water partition coefficient (Wildman–Crippen LogP) is 1.71. The van der Waals surface area contributed by atoms with Gasteiger partial charge in [-0.25, -0.2) is 0 Å². The summed E-state index contributed by atoms with van der Waals surface area (Å²) in [5.74, 6) is -0.0747. The maximum absolute atomic E-state index is 5.81. The van der Waals surface area contributed by atoms with Crippen molar-refractivity contribution in [2.24, 2.45) is 21.7 Å². The van der Waals surface area contributed by atoms with Gasteiger partial charge in [-0.3, -0.25) is 0 Å². The van der Waals surface area contributed by atoms with E-state index in [4.69, 9.17) is 23.1 Å². The van der Waals surface area contributed by atoms with Gasteiger partial charge in [0.05, 0.1) is 11.2 Å². The molecule has 0 aliphatic rings. The second-order valence-electron chi connectivity index (χ2n) is 2.44. The molecule has 0 amide bonds. The minimum absolute atomic E-state index is 0.0747. The Balaban J connectivity index is 2.83. The van der Waals surface area contributed by atoms with Crippen molar-refractivity contribution in [2.45, 2.75) is 0 Å². The van der Waals surface area contributed by atoms with Crippen LogP contribution >= 0.6 is 27.5 Å². The lowest BCUT2D eigenvalue weighted by molar-refractivity contribution is 1.21. The summed E-state index contributed by atoms with van der Waals surface area (Å²) in [7, 11) is 0. The SMILES string of the molecule is NC(N)=NN=Cc1ccc(Cl)c(Br)c1. The van der Waals surface area contributed by atoms with Gasteiger partial charge in [0.1, 0.15) is 0 Å². The molecule has 6 heteroatoms. The van der Waals surface area contributed by atoms with Crippen molar-refractivity contribution >= 4 is 39.7 Å². The van der Waals surface area contributed by atoms with E-state index in [1.54, 1.807) is 12.1 Å². The van der Waals surface area contributed by atoms with E-state index in [0.717, 1.165) is 10.0 Å². The van der Waals surface area contributed by atoms with Gasteiger partial charge in [0.2, 0.25) is 5.96 Å². The van der Waals surface area contributed by atoms with Crippen LogP contribution < -0.4 is 11.5 Å². The Bertz CT molecular complexity index is 385. The van der Waals surface area contributed by atoms with Gasteiger partial charge in [-0.15, -0.1) is 5.10 Å². The smallest absolute Gasteiger partial charge is 0.211 e. The first-order valence-electron chi connectivity index (χ1n) is 3.66. The summed E-state index contributed by atoms with van der Waals surface area (Å²) in [5.41, 5.74) is 11.0. The summed E-state index contributed by atoms with van der Waals surface area (Å²) >= 11 is 9.09. The molecule has 0 radical (unpaired) electrons. The number of benzene rings is 1. The van der Waals surface area contributed by atoms with Gasteiger partial charge in [-0.05, 0) is 33.6 Å². The average molecular weight is 276 g/mol. The largest absolute Gasteiger partial charge is 0.369 e. The molecule has 74 valence electrons. The van der Waals surface area contributed by atoms with Crippen molar-refractivity contribution in [1.82, 2.24) is 0 Å². The van der Waals surface area contributed by atoms with Crippen LogP contribution in [0.3, 0.4) is 0 Å². The fourth-order valence-corrected chi connectivity index (χ4v) is 1.27. The molecular weight excluding hydrogens is 267 g/mol. The molecule has 0 atom stereocenters. The second-order valence-corrected chi connectivity index (χ2v) is 3.70. The van der Waals surface area contributed by atoms with E-state index in [1.165, 1.54) is 6.21 Å². The third-order valence-electron chi connectivity index (χ3n) is 1.32. The Kier molecular flexibility index (Phi) is 3.91. The Labute approximate surface area is 94.8 Å². The second kappa shape index (κ2) is 4.97. The maximum atomic E-state index is 5.81. The highest BCUT2D eigenvalue weighted by atomic mass is 79.9. The molecule has 0 spiro atoms. The molecule has 0 unspecified atom stereocenters. The summed E-state index contributed by atoms with van der Waals surface area (Å²) in [6.07, 6.45) is 1.53. The lowest BCUT2D eigenvalue weighted by atomic mass is 10.2. The average Bonchev–Trinajstić information content (AvgIpc) is 2.10. The molecule has 0 saturated heterocycles. The summed E-state index contributed by atoms with van der Waals surface area (Å²) < 4.78 is 0.799. The third-order valence-corrected chi connectivity index (χ3v) is 2.54. The Morgan fingerprint density at radius 1 is 1.43 bits per heavy atom. The normalized spacial score (nSPS) is 10.4. The minimum atomic E-state index is -0.0747. The molecule has 0 saturated carbocycles. The predicted molar refractivity (Wildman–Crippen MR) is 62.6 cm³/mol. The minimum Gasteiger partial charge on any atom is -0.369 e. The van der Waals surface area contributed by atoms with E-state index in [0.29, 0.717) is 5.02 Å². The number of halogens is 2. The van der Waals surface area contributed by atoms with Gasteiger partial charge in [0.25, 0.3) is 0 Å². The number of guanidine groups is 1. The molecule has 4 N–H and O–H groups in total. The molecule has 1 aromatic carbocycles. The topological polar surface area (TPSA) is 76.8 Å². The highest BCUT2D eigenvalue weighted by Gasteiger charge is 1.96. The Hall–Kier alpha value is -1.07. The van der Waals surface area contributed by atoms with Crippen LogP contribution in [0, 0.1) is 0 Å². The van der Waals surface area contributed by atoms with Crippen LogP contribution in [-0.4, -0.2) is 12.2 Å². The molecule has 0 aliphatic heterocycles. The van der Waals surface area contributed by atoms with Gasteiger partial charge < -0.3 is 11.5 Å². The van der Waals surface area contributed by atoms with E-state index in [9.17, 15) is 0 Å². The van der Waals surface area contributed by atoms with Crippen LogP contribution in [0.15, 0.2) is 32.9 Å². The van der Waals surface area contributed by atoms with E-state index in [1.807, 2.05) is 6.07 Å². The monoisotopic (exact) mass is 274 g/mol. The summed E-state index contributed by atoms with van der Waals surface area (Å²) in [6, 6.07) is 5.37. The van der Waals surface area contributed by atoms with Crippen LogP contribution in [0.1, 0.15) is 5.56 Å². The number of nitrogens with two attached hydrogens (primary N) is 2. The van der Waals surface area contributed by atoms with Gasteiger partial charge in [-0.1, -0.05) is 17.7 Å². The van der Waals surface area contributed by atoms with E-state index < -0.39 is 0 Å². The fraction of sp³-hybridized carbons (Fsp3) is 0. The quantitative estimate of drug-likeness (QED) is 0.490. The van der Waals surface area contributed by atoms with E-state index in [-0.39, 0.29) is 5.96 Å². The highest BCUT2D eigenvalue weighted by molar-refractivity contribution is 9.10. The van der Waals surface area contributed by atoms with Gasteiger partial charge in [0, 0.05) is 4.47 Å². The third kappa shape index (κ3) is 3.35. The zero-order valence-electron chi connectivity index (χ0n) is 7.11. The Morgan fingerprint density at radius 2 is 2.14 bits per heavy atom. The fourth-order valence-electron chi connectivity index (χ4n) is 0.755. The molecule has 1 aromatic rings. The van der Waals surface area contributed by atoms with Crippen molar-refractivity contribution in [2.75, 3.05) is 0 Å². The first kappa shape index (κ1) is 11.0. The van der Waals surface area contributed by atoms with Crippen molar-refractivity contribution in [3.05, 3.63) is 33.3 Å². The first-order valence-corrected chi connectivity index (χ1v) is 4.83. The van der Waals surface area contributed by atoms with Crippen LogP contribution in [0.25, 0.3) is 0 Å². The van der Waals surface area contributed by atoms with Crippen LogP contribution in [0.4, 0.5) is 0 Å². The molecule has 0 fully saturated rings. The van der Waals surface area contributed by atoms with Crippen LogP contribution in [-0.2, 0) is 0 Å². The van der Waals surface area contributed by atoms with Crippen molar-refractivity contribution < 1.29 is 0 Å². The maximum Gasteiger partial charge on any atom is 0.211 e. The van der Waals surface area contributed by atoms with Crippen molar-refractivity contribution in [3.63, 3.8) is 0 Å². The molecule has 14 heavy (non-hydrogen) atoms. The molecule has 0 heterocycles. The first-order chi connectivity index (χ1) is 6.59. The molecule has 0 aliphatic carbocycles. The number of nitrogens with zero attached hydrogens (tertiary/aromatic N) is 2. The number of hydrogen-bond acceptors (Lipinski definition) is 2. The number of hydrogen-bond donors (Lipinski definition) is 2. The van der Waals surface area contributed by atoms with E-state index >= 15 is 0 Å². The number of rotatable bonds is 2. The molecule has 0 bridgehead atoms. The molecule has 0 aromatic heterocycles. The van der Waals surface area contributed by atoms with Gasteiger partial charge in [0.15, 0.2) is 0 Å². The zero-order chi connectivity index (χ0) is 10.6. The highest BCUT2D eigenvalue weighted by Crippen LogP contribution is 2.22. The standard InChI is InChI=1S/C8H8BrClN4/c9-6-3-5(1-2-7(6)10)4-13-14-8(11)12/h1-4H,(H4,11,12,14). The lowest BCUT2D eigenvalue weighted by Gasteiger charge is -1.96. The van der Waals surface area contributed by atoms with E-state index in [2.05, 4.69) is 26.1 Å². The summed E-state index contributed by atoms with van der Waals surface area (Å²) in [5, 5.41) is 7.77. The Morgan fingerprint density at radius 3 is 2.71 bits per heavy atom. The van der Waals surface area contributed by atoms with Gasteiger partial charge in [-0.2, -0.15) is 5.10 Å². The summed E-state index contributed by atoms with van der Waals surface area (Å²) in [6.45, 7) is 0. The molecule has 1 rings (SSSR count). The van der Waals surface area contributed by atoms with Crippen LogP contribution in [0.2, 0.25) is 5.02 Å². The van der Waals surface area contributed by atoms with Crippen LogP contribution in [0.5, 0.6) is 0 Å². The summed E-state index contributed by atoms with van der Waals surface area (Å²) in [4.78, 5) is 0. The molecular formula is C8H8BrClN4. The van der Waals surface area contributed by atoms with Gasteiger partial charge >= 0.3 is 0 Å². The van der Waals surface area contributed by atoms with Crippen molar-refractivity contribution in [1.29, 1.82) is 0 Å². The lowest BCUT2D eigenvalue weighted by Crippen LogP contribution is -2.21. The van der Waals surface area contributed by atoms with Crippen molar-refractivity contribution in [3.8, 4) is 0 Å².